The van der Waals surface area contributed by atoms with Crippen molar-refractivity contribution in [3.63, 3.8) is 0 Å². The Labute approximate surface area is 123 Å². The van der Waals surface area contributed by atoms with Crippen LogP contribution in [0.4, 0.5) is 13.2 Å². The van der Waals surface area contributed by atoms with Gasteiger partial charge in [-0.3, -0.25) is 0 Å². The van der Waals surface area contributed by atoms with Gasteiger partial charge in [-0.2, -0.15) is 13.2 Å². The Kier molecular flexibility index (Phi) is 4.51. The van der Waals surface area contributed by atoms with Crippen molar-refractivity contribution in [3.8, 4) is 5.75 Å². The van der Waals surface area contributed by atoms with E-state index in [9.17, 15) is 13.2 Å². The number of nitrogens with two attached hydrogens (primary N) is 1. The number of rotatable bonds is 3. The topological polar surface area (TPSA) is 35.2 Å². The molecule has 0 atom stereocenters. The molecule has 0 aliphatic heterocycles. The highest BCUT2D eigenvalue weighted by molar-refractivity contribution is 5.39. The molecular formula is C16H22F3NO. The van der Waals surface area contributed by atoms with Gasteiger partial charge < -0.3 is 10.5 Å². The molecule has 1 aliphatic carbocycles. The zero-order chi connectivity index (χ0) is 15.7. The van der Waals surface area contributed by atoms with E-state index in [1.165, 1.54) is 0 Å². The lowest BCUT2D eigenvalue weighted by molar-refractivity contribution is -0.184. The zero-order valence-corrected chi connectivity index (χ0v) is 12.4. The Morgan fingerprint density at radius 2 is 1.76 bits per heavy atom. The van der Waals surface area contributed by atoms with Gasteiger partial charge in [-0.25, -0.2) is 0 Å². The third-order valence-corrected chi connectivity index (χ3v) is 4.13. The highest BCUT2D eigenvalue weighted by Gasteiger charge is 2.45. The average Bonchev–Trinajstić information content (AvgIpc) is 2.38. The van der Waals surface area contributed by atoms with Crippen LogP contribution in [0.25, 0.3) is 0 Å². The first-order valence-electron chi connectivity index (χ1n) is 7.34. The highest BCUT2D eigenvalue weighted by Crippen LogP contribution is 2.45. The maximum absolute atomic E-state index is 12.8. The third kappa shape index (κ3) is 3.70. The lowest BCUT2D eigenvalue weighted by Gasteiger charge is -2.39. The smallest absolute Gasteiger partial charge is 0.391 e. The summed E-state index contributed by atoms with van der Waals surface area (Å²) in [7, 11) is 0. The van der Waals surface area contributed by atoms with Crippen molar-refractivity contribution in [1.82, 2.24) is 0 Å². The van der Waals surface area contributed by atoms with Crippen LogP contribution in [0.15, 0.2) is 24.3 Å². The molecule has 0 aromatic heterocycles. The standard InChI is InChI=1S/C16H22F3NO/c1-11(2)21-14-6-4-3-5-13(14)15(20)9-7-12(8-10-15)16(17,18)19/h3-6,11-12H,7-10,20H2,1-2H3. The molecule has 2 rings (SSSR count). The Bertz CT molecular complexity index is 477. The van der Waals surface area contributed by atoms with E-state index < -0.39 is 17.6 Å². The van der Waals surface area contributed by atoms with Crippen LogP contribution < -0.4 is 10.5 Å². The minimum Gasteiger partial charge on any atom is -0.491 e. The predicted molar refractivity (Wildman–Crippen MR) is 76.1 cm³/mol. The highest BCUT2D eigenvalue weighted by atomic mass is 19.4. The SMILES string of the molecule is CC(C)Oc1ccccc1C1(N)CCC(C(F)(F)F)CC1. The molecule has 0 heterocycles. The molecule has 2 N–H and O–H groups in total. The number of para-hydroxylation sites is 1. The number of hydrogen-bond donors (Lipinski definition) is 1. The second-order valence-electron chi connectivity index (χ2n) is 6.13. The molecule has 1 aromatic rings. The molecule has 0 amide bonds. The van der Waals surface area contributed by atoms with Crippen LogP contribution in [0.1, 0.15) is 45.1 Å². The van der Waals surface area contributed by atoms with Gasteiger partial charge in [0.05, 0.1) is 12.0 Å². The molecule has 0 saturated heterocycles. The van der Waals surface area contributed by atoms with Crippen molar-refractivity contribution in [2.45, 2.75) is 57.3 Å². The van der Waals surface area contributed by atoms with Crippen molar-refractivity contribution >= 4 is 0 Å². The molecule has 118 valence electrons. The van der Waals surface area contributed by atoms with Gasteiger partial charge in [0.25, 0.3) is 0 Å². The van der Waals surface area contributed by atoms with Crippen molar-refractivity contribution in [2.24, 2.45) is 11.7 Å². The summed E-state index contributed by atoms with van der Waals surface area (Å²) in [6.45, 7) is 3.83. The van der Waals surface area contributed by atoms with E-state index in [-0.39, 0.29) is 18.9 Å². The summed E-state index contributed by atoms with van der Waals surface area (Å²) in [5, 5.41) is 0. The first-order chi connectivity index (χ1) is 9.72. The fourth-order valence-electron chi connectivity index (χ4n) is 2.96. The van der Waals surface area contributed by atoms with Gasteiger partial charge in [0.15, 0.2) is 0 Å². The fraction of sp³-hybridized carbons (Fsp3) is 0.625. The fourth-order valence-corrected chi connectivity index (χ4v) is 2.96. The summed E-state index contributed by atoms with van der Waals surface area (Å²) >= 11 is 0. The van der Waals surface area contributed by atoms with Gasteiger partial charge in [0.2, 0.25) is 0 Å². The second-order valence-corrected chi connectivity index (χ2v) is 6.13. The van der Waals surface area contributed by atoms with Gasteiger partial charge >= 0.3 is 6.18 Å². The van der Waals surface area contributed by atoms with Crippen LogP contribution in [-0.4, -0.2) is 12.3 Å². The van der Waals surface area contributed by atoms with Crippen LogP contribution in [0.2, 0.25) is 0 Å². The average molecular weight is 301 g/mol. The number of benzene rings is 1. The lowest BCUT2D eigenvalue weighted by atomic mass is 9.73. The molecule has 0 unspecified atom stereocenters. The number of ether oxygens (including phenoxy) is 1. The molecule has 21 heavy (non-hydrogen) atoms. The van der Waals surface area contributed by atoms with Crippen LogP contribution in [0, 0.1) is 5.92 Å². The molecular weight excluding hydrogens is 279 g/mol. The molecule has 1 saturated carbocycles. The Balaban J connectivity index is 2.19. The van der Waals surface area contributed by atoms with E-state index in [1.807, 2.05) is 38.1 Å². The van der Waals surface area contributed by atoms with E-state index in [4.69, 9.17) is 10.5 Å². The van der Waals surface area contributed by atoms with E-state index in [2.05, 4.69) is 0 Å². The predicted octanol–water partition coefficient (Wildman–Crippen LogP) is 4.38. The first kappa shape index (κ1) is 16.1. The van der Waals surface area contributed by atoms with Crippen molar-refractivity contribution in [1.29, 1.82) is 0 Å². The minimum atomic E-state index is -4.12. The summed E-state index contributed by atoms with van der Waals surface area (Å²) in [5.41, 5.74) is 6.50. The maximum atomic E-state index is 12.8. The largest absolute Gasteiger partial charge is 0.491 e. The zero-order valence-electron chi connectivity index (χ0n) is 12.4. The van der Waals surface area contributed by atoms with Gasteiger partial charge in [0, 0.05) is 11.1 Å². The third-order valence-electron chi connectivity index (χ3n) is 4.13. The van der Waals surface area contributed by atoms with E-state index in [0.717, 1.165) is 5.56 Å². The van der Waals surface area contributed by atoms with Crippen LogP contribution >= 0.6 is 0 Å². The number of halogens is 3. The molecule has 1 aromatic carbocycles. The van der Waals surface area contributed by atoms with E-state index in [0.29, 0.717) is 18.6 Å². The molecule has 0 spiro atoms. The Hall–Kier alpha value is -1.23. The first-order valence-corrected chi connectivity index (χ1v) is 7.34. The van der Waals surface area contributed by atoms with Crippen molar-refractivity contribution in [2.75, 3.05) is 0 Å². The van der Waals surface area contributed by atoms with E-state index in [1.54, 1.807) is 0 Å². The van der Waals surface area contributed by atoms with Gasteiger partial charge in [-0.1, -0.05) is 18.2 Å². The Morgan fingerprint density at radius 3 is 2.29 bits per heavy atom. The summed E-state index contributed by atoms with van der Waals surface area (Å²) < 4.78 is 44.1. The minimum absolute atomic E-state index is 0.00117. The van der Waals surface area contributed by atoms with Crippen LogP contribution in [-0.2, 0) is 5.54 Å². The molecule has 1 aliphatic rings. The monoisotopic (exact) mass is 301 g/mol. The van der Waals surface area contributed by atoms with Gasteiger partial charge in [-0.05, 0) is 45.6 Å². The molecule has 1 fully saturated rings. The second kappa shape index (κ2) is 5.87. The van der Waals surface area contributed by atoms with Crippen LogP contribution in [0.3, 0.4) is 0 Å². The van der Waals surface area contributed by atoms with Crippen molar-refractivity contribution in [3.05, 3.63) is 29.8 Å². The van der Waals surface area contributed by atoms with E-state index >= 15 is 0 Å². The van der Waals surface area contributed by atoms with Gasteiger partial charge in [-0.15, -0.1) is 0 Å². The van der Waals surface area contributed by atoms with Crippen LogP contribution in [0.5, 0.6) is 5.75 Å². The number of alkyl halides is 3. The summed E-state index contributed by atoms with van der Waals surface area (Å²) in [6.07, 6.45) is -3.30. The Morgan fingerprint density at radius 1 is 1.19 bits per heavy atom. The number of hydrogen-bond acceptors (Lipinski definition) is 2. The van der Waals surface area contributed by atoms with Gasteiger partial charge in [0.1, 0.15) is 5.75 Å². The molecule has 5 heteroatoms. The maximum Gasteiger partial charge on any atom is 0.391 e. The summed E-state index contributed by atoms with van der Waals surface area (Å²) in [5.74, 6) is -0.548. The van der Waals surface area contributed by atoms with Crippen molar-refractivity contribution < 1.29 is 17.9 Å². The quantitative estimate of drug-likeness (QED) is 0.899. The molecule has 2 nitrogen and oxygen atoms in total. The lowest BCUT2D eigenvalue weighted by Crippen LogP contribution is -2.43. The molecule has 0 bridgehead atoms. The summed E-state index contributed by atoms with van der Waals surface area (Å²) in [6, 6.07) is 7.41. The normalized spacial score (nSPS) is 26.9. The summed E-state index contributed by atoms with van der Waals surface area (Å²) in [4.78, 5) is 0. The molecule has 0 radical (unpaired) electrons.